The van der Waals surface area contributed by atoms with Gasteiger partial charge in [0.2, 0.25) is 0 Å². The average molecular weight is 264 g/mol. The summed E-state index contributed by atoms with van der Waals surface area (Å²) < 4.78 is 56.1. The van der Waals surface area contributed by atoms with Gasteiger partial charge in [-0.3, -0.25) is 0 Å². The average Bonchev–Trinajstić information content (AvgIpc) is 2.76. The fourth-order valence-corrected chi connectivity index (χ4v) is 2.13. The minimum absolute atomic E-state index is 0.163. The maximum atomic E-state index is 13.1. The SMILES string of the molecule is OCC1CCOC1c1ccc(F)c(C(F)(F)F)c1. The van der Waals surface area contributed by atoms with Gasteiger partial charge in [0.1, 0.15) is 5.82 Å². The number of ether oxygens (including phenoxy) is 1. The smallest absolute Gasteiger partial charge is 0.396 e. The van der Waals surface area contributed by atoms with Crippen molar-refractivity contribution in [1.29, 1.82) is 0 Å². The van der Waals surface area contributed by atoms with E-state index in [1.165, 1.54) is 6.07 Å². The fourth-order valence-electron chi connectivity index (χ4n) is 2.13. The van der Waals surface area contributed by atoms with Gasteiger partial charge >= 0.3 is 6.18 Å². The topological polar surface area (TPSA) is 29.5 Å². The van der Waals surface area contributed by atoms with Crippen LogP contribution in [0.25, 0.3) is 0 Å². The predicted molar refractivity (Wildman–Crippen MR) is 55.3 cm³/mol. The van der Waals surface area contributed by atoms with Gasteiger partial charge in [0.25, 0.3) is 0 Å². The summed E-state index contributed by atoms with van der Waals surface area (Å²) >= 11 is 0. The molecule has 2 unspecified atom stereocenters. The van der Waals surface area contributed by atoms with Crippen LogP contribution in [0.3, 0.4) is 0 Å². The van der Waals surface area contributed by atoms with Crippen LogP contribution in [0.1, 0.15) is 23.7 Å². The van der Waals surface area contributed by atoms with Crippen molar-refractivity contribution in [3.05, 3.63) is 35.1 Å². The molecule has 1 aromatic rings. The zero-order valence-electron chi connectivity index (χ0n) is 9.38. The first-order valence-electron chi connectivity index (χ1n) is 5.52. The second kappa shape index (κ2) is 4.85. The molecule has 0 saturated carbocycles. The Kier molecular flexibility index (Phi) is 3.59. The molecule has 1 heterocycles. The first-order valence-corrected chi connectivity index (χ1v) is 5.52. The highest BCUT2D eigenvalue weighted by Gasteiger charge is 2.36. The second-order valence-electron chi connectivity index (χ2n) is 4.26. The van der Waals surface area contributed by atoms with Crippen LogP contribution in [0.2, 0.25) is 0 Å². The predicted octanol–water partition coefficient (Wildman–Crippen LogP) is 2.91. The highest BCUT2D eigenvalue weighted by atomic mass is 19.4. The Labute approximate surface area is 101 Å². The Bertz CT molecular complexity index is 431. The third-order valence-electron chi connectivity index (χ3n) is 3.07. The van der Waals surface area contributed by atoms with Gasteiger partial charge in [-0.05, 0) is 24.1 Å². The Morgan fingerprint density at radius 2 is 2.06 bits per heavy atom. The van der Waals surface area contributed by atoms with Gasteiger partial charge in [0.05, 0.1) is 11.7 Å². The molecule has 0 aromatic heterocycles. The van der Waals surface area contributed by atoms with E-state index in [0.29, 0.717) is 13.0 Å². The van der Waals surface area contributed by atoms with E-state index in [9.17, 15) is 17.6 Å². The molecule has 0 aliphatic carbocycles. The molecule has 0 amide bonds. The van der Waals surface area contributed by atoms with Crippen LogP contribution < -0.4 is 0 Å². The van der Waals surface area contributed by atoms with Gasteiger partial charge in [-0.2, -0.15) is 13.2 Å². The second-order valence-corrected chi connectivity index (χ2v) is 4.26. The molecule has 2 nitrogen and oxygen atoms in total. The van der Waals surface area contributed by atoms with Gasteiger partial charge in [-0.1, -0.05) is 6.07 Å². The summed E-state index contributed by atoms with van der Waals surface area (Å²) in [5.74, 6) is -1.54. The van der Waals surface area contributed by atoms with Crippen LogP contribution in [0.5, 0.6) is 0 Å². The number of alkyl halides is 3. The van der Waals surface area contributed by atoms with Crippen LogP contribution in [0, 0.1) is 11.7 Å². The molecule has 2 rings (SSSR count). The molecule has 0 bridgehead atoms. The fraction of sp³-hybridized carbons (Fsp3) is 0.500. The minimum atomic E-state index is -4.73. The van der Waals surface area contributed by atoms with E-state index in [0.717, 1.165) is 12.1 Å². The lowest BCUT2D eigenvalue weighted by Crippen LogP contribution is -2.14. The summed E-state index contributed by atoms with van der Waals surface area (Å²) in [7, 11) is 0. The van der Waals surface area contributed by atoms with E-state index in [1.54, 1.807) is 0 Å². The van der Waals surface area contributed by atoms with Crippen LogP contribution in [-0.2, 0) is 10.9 Å². The van der Waals surface area contributed by atoms with Gasteiger partial charge in [-0.25, -0.2) is 4.39 Å². The maximum Gasteiger partial charge on any atom is 0.419 e. The van der Waals surface area contributed by atoms with Crippen LogP contribution in [0.15, 0.2) is 18.2 Å². The highest BCUT2D eigenvalue weighted by Crippen LogP contribution is 2.38. The quantitative estimate of drug-likeness (QED) is 0.832. The molecule has 6 heteroatoms. The summed E-state index contributed by atoms with van der Waals surface area (Å²) in [5, 5.41) is 9.11. The van der Waals surface area contributed by atoms with E-state index >= 15 is 0 Å². The highest BCUT2D eigenvalue weighted by molar-refractivity contribution is 5.29. The van der Waals surface area contributed by atoms with Crippen molar-refractivity contribution >= 4 is 0 Å². The van der Waals surface area contributed by atoms with Crippen molar-refractivity contribution in [3.8, 4) is 0 Å². The van der Waals surface area contributed by atoms with Gasteiger partial charge in [0, 0.05) is 19.1 Å². The molecule has 18 heavy (non-hydrogen) atoms. The molecule has 1 aliphatic heterocycles. The van der Waals surface area contributed by atoms with Crippen molar-refractivity contribution in [1.82, 2.24) is 0 Å². The normalized spacial score (nSPS) is 24.5. The lowest BCUT2D eigenvalue weighted by atomic mass is 9.95. The summed E-state index contributed by atoms with van der Waals surface area (Å²) in [4.78, 5) is 0. The van der Waals surface area contributed by atoms with Crippen molar-refractivity contribution in [3.63, 3.8) is 0 Å². The first kappa shape index (κ1) is 13.3. The zero-order valence-corrected chi connectivity index (χ0v) is 9.38. The lowest BCUT2D eigenvalue weighted by molar-refractivity contribution is -0.140. The Hall–Kier alpha value is -1.14. The number of benzene rings is 1. The Balaban J connectivity index is 2.35. The van der Waals surface area contributed by atoms with Crippen LogP contribution >= 0.6 is 0 Å². The molecule has 1 aliphatic rings. The van der Waals surface area contributed by atoms with Crippen molar-refractivity contribution in [2.75, 3.05) is 13.2 Å². The third kappa shape index (κ3) is 2.49. The minimum Gasteiger partial charge on any atom is -0.396 e. The Morgan fingerprint density at radius 1 is 1.33 bits per heavy atom. The summed E-state index contributed by atoms with van der Waals surface area (Å²) in [6.45, 7) is 0.220. The third-order valence-corrected chi connectivity index (χ3v) is 3.07. The van der Waals surface area contributed by atoms with Gasteiger partial charge in [0.15, 0.2) is 0 Å². The first-order chi connectivity index (χ1) is 8.43. The van der Waals surface area contributed by atoms with E-state index in [-0.39, 0.29) is 18.1 Å². The monoisotopic (exact) mass is 264 g/mol. The zero-order chi connectivity index (χ0) is 13.3. The van der Waals surface area contributed by atoms with Crippen LogP contribution in [0.4, 0.5) is 17.6 Å². The van der Waals surface area contributed by atoms with Gasteiger partial charge < -0.3 is 9.84 Å². The number of rotatable bonds is 2. The Morgan fingerprint density at radius 3 is 2.67 bits per heavy atom. The number of aliphatic hydroxyl groups is 1. The molecule has 1 aromatic carbocycles. The molecule has 0 radical (unpaired) electrons. The molecular weight excluding hydrogens is 252 g/mol. The molecule has 0 spiro atoms. The standard InChI is InChI=1S/C12H12F4O2/c13-10-2-1-7(5-9(10)12(14,15)16)11-8(6-17)3-4-18-11/h1-2,5,8,11,17H,3-4,6H2. The van der Waals surface area contributed by atoms with Crippen molar-refractivity contribution in [2.24, 2.45) is 5.92 Å². The van der Waals surface area contributed by atoms with E-state index in [2.05, 4.69) is 0 Å². The molecule has 2 atom stereocenters. The summed E-state index contributed by atoms with van der Waals surface area (Å²) in [5.41, 5.74) is -1.05. The summed E-state index contributed by atoms with van der Waals surface area (Å²) in [6.07, 6.45) is -4.75. The maximum absolute atomic E-state index is 13.1. The van der Waals surface area contributed by atoms with Crippen molar-refractivity contribution in [2.45, 2.75) is 18.7 Å². The number of halogens is 4. The van der Waals surface area contributed by atoms with E-state index < -0.39 is 23.7 Å². The lowest BCUT2D eigenvalue weighted by Gasteiger charge is -2.18. The van der Waals surface area contributed by atoms with E-state index in [1.807, 2.05) is 0 Å². The largest absolute Gasteiger partial charge is 0.419 e. The van der Waals surface area contributed by atoms with Gasteiger partial charge in [-0.15, -0.1) is 0 Å². The molecular formula is C12H12F4O2. The molecule has 1 fully saturated rings. The molecule has 1 saturated heterocycles. The van der Waals surface area contributed by atoms with Crippen molar-refractivity contribution < 1.29 is 27.4 Å². The summed E-state index contributed by atoms with van der Waals surface area (Å²) in [6, 6.07) is 2.81. The molecule has 100 valence electrons. The molecule has 1 N–H and O–H groups in total. The van der Waals surface area contributed by atoms with E-state index in [4.69, 9.17) is 9.84 Å². The number of aliphatic hydroxyl groups excluding tert-OH is 1. The number of hydrogen-bond donors (Lipinski definition) is 1. The number of hydrogen-bond acceptors (Lipinski definition) is 2. The van der Waals surface area contributed by atoms with Crippen LogP contribution in [-0.4, -0.2) is 18.3 Å².